The Morgan fingerprint density at radius 1 is 1.36 bits per heavy atom. The Kier molecular flexibility index (Phi) is 1.80. The fourth-order valence-corrected chi connectivity index (χ4v) is 2.05. The topological polar surface area (TPSA) is 17.1 Å². The van der Waals surface area contributed by atoms with Crippen molar-refractivity contribution < 1.29 is 4.79 Å². The largest absolute Gasteiger partial charge is 0.299 e. The second kappa shape index (κ2) is 2.80. The molecule has 2 unspecified atom stereocenters. The van der Waals surface area contributed by atoms with E-state index in [1.807, 2.05) is 0 Å². The van der Waals surface area contributed by atoms with E-state index in [0.29, 0.717) is 17.6 Å². The smallest absolute Gasteiger partial charge is 0.136 e. The summed E-state index contributed by atoms with van der Waals surface area (Å²) >= 11 is 0. The van der Waals surface area contributed by atoms with Gasteiger partial charge in [0, 0.05) is 12.3 Å². The predicted molar refractivity (Wildman–Crippen MR) is 44.2 cm³/mol. The molecule has 0 N–H and O–H groups in total. The van der Waals surface area contributed by atoms with Crippen LogP contribution in [-0.4, -0.2) is 5.78 Å². The predicted octanol–water partition coefficient (Wildman–Crippen LogP) is 2.32. The summed E-state index contributed by atoms with van der Waals surface area (Å²) in [5, 5.41) is 0. The van der Waals surface area contributed by atoms with E-state index in [2.05, 4.69) is 12.2 Å². The summed E-state index contributed by atoms with van der Waals surface area (Å²) in [6, 6.07) is 0. The molecule has 1 saturated carbocycles. The van der Waals surface area contributed by atoms with Gasteiger partial charge in [-0.1, -0.05) is 18.6 Å². The summed E-state index contributed by atoms with van der Waals surface area (Å²) in [4.78, 5) is 11.4. The molecule has 2 aliphatic rings. The Hall–Kier alpha value is -0.590. The molecule has 2 aliphatic carbocycles. The molecule has 0 aromatic rings. The molecule has 1 nitrogen and oxygen atoms in total. The van der Waals surface area contributed by atoms with Gasteiger partial charge in [0.05, 0.1) is 0 Å². The van der Waals surface area contributed by atoms with Gasteiger partial charge in [-0.2, -0.15) is 0 Å². The standard InChI is InChI=1S/C10H14O/c11-10-7-2-1-6-9(10)8-4-3-5-8/h3-4,8-9H,1-2,5-7H2. The van der Waals surface area contributed by atoms with Gasteiger partial charge < -0.3 is 0 Å². The van der Waals surface area contributed by atoms with Crippen LogP contribution in [0.3, 0.4) is 0 Å². The number of hydrogen-bond acceptors (Lipinski definition) is 1. The normalized spacial score (nSPS) is 36.9. The maximum Gasteiger partial charge on any atom is 0.136 e. The third kappa shape index (κ3) is 1.24. The molecule has 1 fully saturated rings. The van der Waals surface area contributed by atoms with Gasteiger partial charge in [0.25, 0.3) is 0 Å². The average molecular weight is 150 g/mol. The Labute approximate surface area is 67.5 Å². The van der Waals surface area contributed by atoms with E-state index in [4.69, 9.17) is 0 Å². The van der Waals surface area contributed by atoms with Crippen LogP contribution in [0.4, 0.5) is 0 Å². The van der Waals surface area contributed by atoms with Crippen molar-refractivity contribution in [3.8, 4) is 0 Å². The van der Waals surface area contributed by atoms with E-state index < -0.39 is 0 Å². The summed E-state index contributed by atoms with van der Waals surface area (Å²) < 4.78 is 0. The van der Waals surface area contributed by atoms with E-state index in [0.717, 1.165) is 25.7 Å². The molecule has 0 aromatic heterocycles. The Bertz CT molecular complexity index is 193. The van der Waals surface area contributed by atoms with Crippen LogP contribution in [0.15, 0.2) is 12.2 Å². The number of allylic oxidation sites excluding steroid dienone is 2. The molecule has 2 rings (SSSR count). The van der Waals surface area contributed by atoms with Crippen LogP contribution in [0.2, 0.25) is 0 Å². The van der Waals surface area contributed by atoms with Crippen molar-refractivity contribution in [3.63, 3.8) is 0 Å². The van der Waals surface area contributed by atoms with Crippen LogP contribution in [0.1, 0.15) is 32.1 Å². The van der Waals surface area contributed by atoms with Crippen molar-refractivity contribution in [2.75, 3.05) is 0 Å². The average Bonchev–Trinajstić information content (AvgIpc) is 1.90. The maximum absolute atomic E-state index is 11.4. The quantitative estimate of drug-likeness (QED) is 0.524. The van der Waals surface area contributed by atoms with E-state index >= 15 is 0 Å². The minimum Gasteiger partial charge on any atom is -0.299 e. The van der Waals surface area contributed by atoms with Crippen molar-refractivity contribution >= 4 is 5.78 Å². The number of carbonyl (C=O) groups excluding carboxylic acids is 1. The molecule has 0 bridgehead atoms. The minimum absolute atomic E-state index is 0.397. The summed E-state index contributed by atoms with van der Waals surface area (Å²) in [5.41, 5.74) is 0. The third-order valence-electron chi connectivity index (χ3n) is 2.91. The lowest BCUT2D eigenvalue weighted by Gasteiger charge is -2.29. The highest BCUT2D eigenvalue weighted by atomic mass is 16.1. The van der Waals surface area contributed by atoms with Gasteiger partial charge in [-0.3, -0.25) is 4.79 Å². The minimum atomic E-state index is 0.397. The van der Waals surface area contributed by atoms with Crippen LogP contribution in [0.5, 0.6) is 0 Å². The molecule has 0 aromatic carbocycles. The Balaban J connectivity index is 1.99. The first-order chi connectivity index (χ1) is 5.38. The maximum atomic E-state index is 11.4. The molecule has 0 saturated heterocycles. The molecular formula is C10H14O. The van der Waals surface area contributed by atoms with Crippen molar-refractivity contribution in [3.05, 3.63) is 12.2 Å². The van der Waals surface area contributed by atoms with E-state index in [9.17, 15) is 4.79 Å². The number of Topliss-reactive ketones (excluding diaryl/α,β-unsaturated/α-hetero) is 1. The van der Waals surface area contributed by atoms with Crippen LogP contribution in [0.25, 0.3) is 0 Å². The number of ketones is 1. The lowest BCUT2D eigenvalue weighted by atomic mass is 9.74. The molecule has 2 atom stereocenters. The molecule has 1 heteroatoms. The van der Waals surface area contributed by atoms with Gasteiger partial charge in [0.1, 0.15) is 5.78 Å². The monoisotopic (exact) mass is 150 g/mol. The van der Waals surface area contributed by atoms with E-state index in [1.54, 1.807) is 0 Å². The molecule has 0 aliphatic heterocycles. The number of carbonyl (C=O) groups is 1. The highest BCUT2D eigenvalue weighted by Gasteiger charge is 2.30. The third-order valence-corrected chi connectivity index (χ3v) is 2.91. The van der Waals surface area contributed by atoms with Gasteiger partial charge in [0.15, 0.2) is 0 Å². The van der Waals surface area contributed by atoms with Crippen molar-refractivity contribution in [2.45, 2.75) is 32.1 Å². The van der Waals surface area contributed by atoms with Crippen LogP contribution in [-0.2, 0) is 4.79 Å². The zero-order valence-electron chi connectivity index (χ0n) is 6.75. The van der Waals surface area contributed by atoms with Gasteiger partial charge in [-0.05, 0) is 25.2 Å². The van der Waals surface area contributed by atoms with Gasteiger partial charge >= 0.3 is 0 Å². The molecule has 11 heavy (non-hydrogen) atoms. The molecule has 0 heterocycles. The Morgan fingerprint density at radius 2 is 2.18 bits per heavy atom. The first-order valence-electron chi connectivity index (χ1n) is 4.57. The van der Waals surface area contributed by atoms with Crippen LogP contribution < -0.4 is 0 Å². The number of hydrogen-bond donors (Lipinski definition) is 0. The summed E-state index contributed by atoms with van der Waals surface area (Å²) in [6.07, 6.45) is 9.91. The highest BCUT2D eigenvalue weighted by Crippen LogP contribution is 2.34. The lowest BCUT2D eigenvalue weighted by Crippen LogP contribution is -2.28. The summed E-state index contributed by atoms with van der Waals surface area (Å²) in [7, 11) is 0. The zero-order chi connectivity index (χ0) is 7.68. The van der Waals surface area contributed by atoms with Crippen molar-refractivity contribution in [1.82, 2.24) is 0 Å². The van der Waals surface area contributed by atoms with Crippen LogP contribution in [0, 0.1) is 11.8 Å². The summed E-state index contributed by atoms with van der Waals surface area (Å²) in [5.74, 6) is 1.53. The second-order valence-corrected chi connectivity index (χ2v) is 3.65. The fraction of sp³-hybridized carbons (Fsp3) is 0.700. The van der Waals surface area contributed by atoms with Crippen molar-refractivity contribution in [1.29, 1.82) is 0 Å². The molecular weight excluding hydrogens is 136 g/mol. The zero-order valence-corrected chi connectivity index (χ0v) is 6.75. The second-order valence-electron chi connectivity index (χ2n) is 3.65. The SMILES string of the molecule is O=C1CCCCC1C1C=CC1. The van der Waals surface area contributed by atoms with Gasteiger partial charge in [0.2, 0.25) is 0 Å². The van der Waals surface area contributed by atoms with E-state index in [-0.39, 0.29) is 0 Å². The first kappa shape index (κ1) is 7.08. The highest BCUT2D eigenvalue weighted by molar-refractivity contribution is 5.82. The molecule has 0 amide bonds. The van der Waals surface area contributed by atoms with Crippen molar-refractivity contribution in [2.24, 2.45) is 11.8 Å². The van der Waals surface area contributed by atoms with Gasteiger partial charge in [-0.25, -0.2) is 0 Å². The molecule has 0 spiro atoms. The molecule has 0 radical (unpaired) electrons. The lowest BCUT2D eigenvalue weighted by molar-refractivity contribution is -0.125. The first-order valence-corrected chi connectivity index (χ1v) is 4.57. The van der Waals surface area contributed by atoms with Gasteiger partial charge in [-0.15, -0.1) is 0 Å². The summed E-state index contributed by atoms with van der Waals surface area (Å²) in [6.45, 7) is 0. The van der Waals surface area contributed by atoms with E-state index in [1.165, 1.54) is 6.42 Å². The number of rotatable bonds is 1. The Morgan fingerprint density at radius 3 is 2.73 bits per heavy atom. The molecule has 60 valence electrons. The fourth-order valence-electron chi connectivity index (χ4n) is 2.05. The van der Waals surface area contributed by atoms with Crippen LogP contribution >= 0.6 is 0 Å².